The summed E-state index contributed by atoms with van der Waals surface area (Å²) in [4.78, 5) is 0. The van der Waals surface area contributed by atoms with Crippen LogP contribution >= 0.6 is 0 Å². The fraction of sp³-hybridized carbons (Fsp3) is 1.00. The molecule has 0 amide bonds. The van der Waals surface area contributed by atoms with Crippen LogP contribution in [-0.4, -0.2) is 22.5 Å². The maximum atomic E-state index is 5.86. The summed E-state index contributed by atoms with van der Waals surface area (Å²) in [6.07, 6.45) is 1.26. The van der Waals surface area contributed by atoms with Gasteiger partial charge in [0.1, 0.15) is 0 Å². The molecular formula is C9H24OSi2. The molecule has 0 aromatic rings. The van der Waals surface area contributed by atoms with Gasteiger partial charge < -0.3 is 4.43 Å². The lowest BCUT2D eigenvalue weighted by Crippen LogP contribution is -2.59. The summed E-state index contributed by atoms with van der Waals surface area (Å²) in [5.74, 6) is 0. The van der Waals surface area contributed by atoms with Crippen molar-refractivity contribution in [2.45, 2.75) is 52.0 Å². The Bertz CT molecular complexity index is 142. The van der Waals surface area contributed by atoms with Crippen molar-refractivity contribution in [3.05, 3.63) is 0 Å². The van der Waals surface area contributed by atoms with Gasteiger partial charge in [-0.25, -0.2) is 0 Å². The predicted octanol–water partition coefficient (Wildman–Crippen LogP) is 3.42. The SMILES string of the molecule is CCC(C)[Si](C)(OC)[Si](C)(C)C. The second-order valence-corrected chi connectivity index (χ2v) is 20.5. The standard InChI is InChI=1S/C9H24OSi2/c1-8-9(2)12(7,10-3)11(4,5)6/h9H,8H2,1-7H3. The molecule has 12 heavy (non-hydrogen) atoms. The van der Waals surface area contributed by atoms with Crippen LogP contribution in [0.15, 0.2) is 0 Å². The summed E-state index contributed by atoms with van der Waals surface area (Å²) in [6.45, 7) is 14.4. The molecule has 3 heteroatoms. The summed E-state index contributed by atoms with van der Waals surface area (Å²) in [5.41, 5.74) is 0.800. The van der Waals surface area contributed by atoms with Crippen molar-refractivity contribution in [1.82, 2.24) is 0 Å². The number of rotatable bonds is 4. The van der Waals surface area contributed by atoms with Crippen LogP contribution in [0, 0.1) is 0 Å². The first-order valence-corrected chi connectivity index (χ1v) is 11.8. The van der Waals surface area contributed by atoms with Gasteiger partial charge in [-0.15, -0.1) is 0 Å². The van der Waals surface area contributed by atoms with E-state index in [9.17, 15) is 0 Å². The minimum atomic E-state index is -1.39. The van der Waals surface area contributed by atoms with E-state index in [1.165, 1.54) is 6.42 Å². The van der Waals surface area contributed by atoms with Crippen molar-refractivity contribution in [2.24, 2.45) is 0 Å². The van der Waals surface area contributed by atoms with Crippen molar-refractivity contribution in [2.75, 3.05) is 7.11 Å². The molecule has 0 aromatic heterocycles. The average Bonchev–Trinajstić information content (AvgIpc) is 1.99. The third-order valence-electron chi connectivity index (χ3n) is 3.47. The van der Waals surface area contributed by atoms with Crippen molar-refractivity contribution >= 4 is 15.4 Å². The lowest BCUT2D eigenvalue weighted by molar-refractivity contribution is 0.400. The van der Waals surface area contributed by atoms with Crippen LogP contribution in [-0.2, 0) is 4.43 Å². The maximum absolute atomic E-state index is 5.86. The zero-order valence-corrected chi connectivity index (χ0v) is 11.7. The first kappa shape index (κ1) is 12.4. The Kier molecular flexibility index (Phi) is 4.20. The van der Waals surface area contributed by atoms with Gasteiger partial charge in [0, 0.05) is 7.11 Å². The summed E-state index contributed by atoms with van der Waals surface area (Å²) >= 11 is 0. The van der Waals surface area contributed by atoms with Gasteiger partial charge in [0.25, 0.3) is 0 Å². The molecule has 0 fully saturated rings. The van der Waals surface area contributed by atoms with E-state index in [-0.39, 0.29) is 0 Å². The van der Waals surface area contributed by atoms with E-state index in [0.717, 1.165) is 5.54 Å². The van der Waals surface area contributed by atoms with Crippen LogP contribution in [0.1, 0.15) is 20.3 Å². The first-order chi connectivity index (χ1) is 5.29. The Morgan fingerprint density at radius 2 is 1.58 bits per heavy atom. The molecule has 0 rings (SSSR count). The highest BCUT2D eigenvalue weighted by atomic mass is 29.3. The van der Waals surface area contributed by atoms with Crippen molar-refractivity contribution in [3.8, 4) is 0 Å². The molecular weight excluding hydrogens is 180 g/mol. The Balaban J connectivity index is 4.67. The molecule has 2 atom stereocenters. The molecule has 0 aliphatic rings. The number of hydrogen-bond acceptors (Lipinski definition) is 1. The Hall–Kier alpha value is 0.394. The second kappa shape index (κ2) is 4.07. The summed E-state index contributed by atoms with van der Waals surface area (Å²) < 4.78 is 5.86. The Morgan fingerprint density at radius 3 is 1.67 bits per heavy atom. The molecule has 0 spiro atoms. The van der Waals surface area contributed by atoms with Crippen LogP contribution in [0.5, 0.6) is 0 Å². The normalized spacial score (nSPS) is 20.2. The van der Waals surface area contributed by atoms with Gasteiger partial charge in [0.05, 0.1) is 7.59 Å². The first-order valence-electron chi connectivity index (χ1n) is 4.84. The van der Waals surface area contributed by atoms with Gasteiger partial charge in [0.15, 0.2) is 7.83 Å². The molecule has 74 valence electrons. The third kappa shape index (κ3) is 2.21. The van der Waals surface area contributed by atoms with E-state index in [2.05, 4.69) is 40.0 Å². The van der Waals surface area contributed by atoms with Crippen LogP contribution in [0.25, 0.3) is 0 Å². The average molecular weight is 204 g/mol. The van der Waals surface area contributed by atoms with Gasteiger partial charge in [0.2, 0.25) is 0 Å². The monoisotopic (exact) mass is 204 g/mol. The van der Waals surface area contributed by atoms with Gasteiger partial charge in [-0.1, -0.05) is 39.9 Å². The molecule has 2 unspecified atom stereocenters. The van der Waals surface area contributed by atoms with Crippen molar-refractivity contribution < 1.29 is 4.43 Å². The van der Waals surface area contributed by atoms with Crippen LogP contribution in [0.2, 0.25) is 31.7 Å². The topological polar surface area (TPSA) is 9.23 Å². The van der Waals surface area contributed by atoms with E-state index >= 15 is 0 Å². The molecule has 0 heterocycles. The highest BCUT2D eigenvalue weighted by Crippen LogP contribution is 2.33. The van der Waals surface area contributed by atoms with Crippen molar-refractivity contribution in [3.63, 3.8) is 0 Å². The zero-order valence-electron chi connectivity index (χ0n) is 9.69. The summed E-state index contributed by atoms with van der Waals surface area (Å²) in [7, 11) is -0.554. The van der Waals surface area contributed by atoms with Gasteiger partial charge >= 0.3 is 0 Å². The van der Waals surface area contributed by atoms with Crippen LogP contribution < -0.4 is 0 Å². The molecule has 0 aromatic carbocycles. The fourth-order valence-electron chi connectivity index (χ4n) is 1.64. The molecule has 0 radical (unpaired) electrons. The van der Waals surface area contributed by atoms with Gasteiger partial charge in [-0.3, -0.25) is 0 Å². The quantitative estimate of drug-likeness (QED) is 0.638. The van der Waals surface area contributed by atoms with E-state index in [4.69, 9.17) is 4.43 Å². The van der Waals surface area contributed by atoms with E-state index in [0.29, 0.717) is 0 Å². The minimum Gasteiger partial charge on any atom is -0.423 e. The maximum Gasteiger partial charge on any atom is 0.178 e. The van der Waals surface area contributed by atoms with E-state index in [1.54, 1.807) is 0 Å². The smallest absolute Gasteiger partial charge is 0.178 e. The lowest BCUT2D eigenvalue weighted by Gasteiger charge is -2.41. The minimum absolute atomic E-state index is 0.800. The van der Waals surface area contributed by atoms with E-state index < -0.39 is 15.4 Å². The fourth-order valence-corrected chi connectivity index (χ4v) is 11.8. The highest BCUT2D eigenvalue weighted by molar-refractivity contribution is 7.38. The highest BCUT2D eigenvalue weighted by Gasteiger charge is 2.46. The van der Waals surface area contributed by atoms with Crippen LogP contribution in [0.4, 0.5) is 0 Å². The lowest BCUT2D eigenvalue weighted by atomic mass is 10.4. The Morgan fingerprint density at radius 1 is 1.17 bits per heavy atom. The third-order valence-corrected chi connectivity index (χ3v) is 20.6. The number of hydrogen-bond donors (Lipinski definition) is 0. The molecule has 0 saturated heterocycles. The molecule has 0 aliphatic heterocycles. The summed E-state index contributed by atoms with van der Waals surface area (Å²) in [5, 5.41) is 0. The van der Waals surface area contributed by atoms with E-state index in [1.807, 2.05) is 7.11 Å². The Labute approximate surface area is 79.4 Å². The second-order valence-electron chi connectivity index (χ2n) is 4.87. The van der Waals surface area contributed by atoms with Gasteiger partial charge in [-0.2, -0.15) is 0 Å². The molecule has 0 saturated carbocycles. The summed E-state index contributed by atoms with van der Waals surface area (Å²) in [6, 6.07) is 0. The molecule has 0 aliphatic carbocycles. The predicted molar refractivity (Wildman–Crippen MR) is 61.7 cm³/mol. The molecule has 0 bridgehead atoms. The van der Waals surface area contributed by atoms with Crippen LogP contribution in [0.3, 0.4) is 0 Å². The molecule has 1 nitrogen and oxygen atoms in total. The van der Waals surface area contributed by atoms with Crippen molar-refractivity contribution in [1.29, 1.82) is 0 Å². The largest absolute Gasteiger partial charge is 0.423 e. The molecule has 0 N–H and O–H groups in total. The van der Waals surface area contributed by atoms with Gasteiger partial charge in [-0.05, 0) is 12.1 Å². The zero-order chi connectivity index (χ0) is 9.99.